The third-order valence-corrected chi connectivity index (χ3v) is 4.53. The van der Waals surface area contributed by atoms with Gasteiger partial charge in [0, 0.05) is 38.0 Å². The Morgan fingerprint density at radius 3 is 2.32 bits per heavy atom. The molecule has 1 aromatic heterocycles. The third-order valence-electron chi connectivity index (χ3n) is 4.53. The van der Waals surface area contributed by atoms with Gasteiger partial charge >= 0.3 is 0 Å². The molecule has 2 saturated heterocycles. The number of carbonyl (C=O) groups excluding carboxylic acids is 1. The molecule has 7 heteroatoms. The summed E-state index contributed by atoms with van der Waals surface area (Å²) < 4.78 is 14.1. The van der Waals surface area contributed by atoms with Crippen LogP contribution < -0.4 is 4.90 Å². The highest BCUT2D eigenvalue weighted by Gasteiger charge is 2.41. The van der Waals surface area contributed by atoms with Gasteiger partial charge in [-0.3, -0.25) is 4.79 Å². The average Bonchev–Trinajstić information content (AvgIpc) is 2.98. The molecule has 22 heavy (non-hydrogen) atoms. The minimum absolute atomic E-state index is 0.0292. The summed E-state index contributed by atoms with van der Waals surface area (Å²) in [6.45, 7) is 7.63. The van der Waals surface area contributed by atoms with E-state index in [1.54, 1.807) is 11.8 Å². The Morgan fingerprint density at radius 2 is 1.82 bits per heavy atom. The van der Waals surface area contributed by atoms with E-state index in [2.05, 4.69) is 9.97 Å². The Kier molecular flexibility index (Phi) is 3.55. The Bertz CT molecular complexity index is 588. The monoisotopic (exact) mass is 308 g/mol. The van der Waals surface area contributed by atoms with E-state index >= 15 is 0 Å². The number of likely N-dealkylation sites (tertiary alicyclic amines) is 1. The van der Waals surface area contributed by atoms with Crippen molar-refractivity contribution in [1.29, 1.82) is 0 Å². The summed E-state index contributed by atoms with van der Waals surface area (Å²) in [5, 5.41) is 10.1. The SMILES string of the molecule is Cc1nc(N2C[C@H]3CN(C=O)C[C@H]3C2)nc(C(C)(C)O)c1F. The molecule has 120 valence electrons. The number of anilines is 1. The van der Waals surface area contributed by atoms with Gasteiger partial charge < -0.3 is 14.9 Å². The molecule has 0 aromatic carbocycles. The summed E-state index contributed by atoms with van der Waals surface area (Å²) in [5.74, 6) is 0.723. The minimum Gasteiger partial charge on any atom is -0.384 e. The second-order valence-electron chi connectivity index (χ2n) is 6.82. The van der Waals surface area contributed by atoms with Crippen molar-refractivity contribution in [3.05, 3.63) is 17.2 Å². The van der Waals surface area contributed by atoms with Gasteiger partial charge in [0.1, 0.15) is 11.3 Å². The number of aryl methyl sites for hydroxylation is 1. The van der Waals surface area contributed by atoms with Crippen LogP contribution in [0.4, 0.5) is 10.3 Å². The van der Waals surface area contributed by atoms with E-state index in [4.69, 9.17) is 0 Å². The van der Waals surface area contributed by atoms with Gasteiger partial charge in [-0.05, 0) is 20.8 Å². The summed E-state index contributed by atoms with van der Waals surface area (Å²) >= 11 is 0. The average molecular weight is 308 g/mol. The lowest BCUT2D eigenvalue weighted by Gasteiger charge is -2.23. The lowest BCUT2D eigenvalue weighted by Crippen LogP contribution is -2.31. The van der Waals surface area contributed by atoms with Crippen LogP contribution in [-0.2, 0) is 10.4 Å². The Labute approximate surface area is 129 Å². The zero-order valence-corrected chi connectivity index (χ0v) is 13.1. The highest BCUT2D eigenvalue weighted by atomic mass is 19.1. The van der Waals surface area contributed by atoms with Gasteiger partial charge in [0.15, 0.2) is 5.82 Å². The lowest BCUT2D eigenvalue weighted by molar-refractivity contribution is -0.117. The maximum atomic E-state index is 14.1. The predicted octanol–water partition coefficient (Wildman–Crippen LogP) is 0.676. The Hall–Kier alpha value is -1.76. The first kappa shape index (κ1) is 15.1. The number of fused-ring (bicyclic) bond motifs is 1. The van der Waals surface area contributed by atoms with Crippen LogP contribution in [0.15, 0.2) is 0 Å². The molecule has 0 radical (unpaired) electrons. The predicted molar refractivity (Wildman–Crippen MR) is 78.8 cm³/mol. The van der Waals surface area contributed by atoms with Crippen LogP contribution in [0.25, 0.3) is 0 Å². The minimum atomic E-state index is -1.35. The van der Waals surface area contributed by atoms with Crippen LogP contribution in [0.5, 0.6) is 0 Å². The second-order valence-corrected chi connectivity index (χ2v) is 6.82. The van der Waals surface area contributed by atoms with Crippen LogP contribution in [0, 0.1) is 24.6 Å². The van der Waals surface area contributed by atoms with Gasteiger partial charge in [0.05, 0.1) is 5.69 Å². The summed E-state index contributed by atoms with van der Waals surface area (Å²) in [7, 11) is 0. The van der Waals surface area contributed by atoms with Crippen molar-refractivity contribution in [2.45, 2.75) is 26.4 Å². The number of halogens is 1. The zero-order valence-electron chi connectivity index (χ0n) is 13.1. The van der Waals surface area contributed by atoms with E-state index in [-0.39, 0.29) is 11.4 Å². The maximum Gasteiger partial charge on any atom is 0.226 e. The van der Waals surface area contributed by atoms with Gasteiger partial charge in [-0.1, -0.05) is 0 Å². The molecule has 0 bridgehead atoms. The van der Waals surface area contributed by atoms with Gasteiger partial charge in [-0.15, -0.1) is 0 Å². The van der Waals surface area contributed by atoms with Crippen molar-refractivity contribution in [2.24, 2.45) is 11.8 Å². The molecule has 6 nitrogen and oxygen atoms in total. The van der Waals surface area contributed by atoms with E-state index in [1.165, 1.54) is 13.8 Å². The maximum absolute atomic E-state index is 14.1. The molecule has 0 aliphatic carbocycles. The van der Waals surface area contributed by atoms with Crippen LogP contribution in [0.1, 0.15) is 25.2 Å². The van der Waals surface area contributed by atoms with Crippen molar-refractivity contribution in [3.63, 3.8) is 0 Å². The van der Waals surface area contributed by atoms with Crippen molar-refractivity contribution in [2.75, 3.05) is 31.1 Å². The molecule has 1 N–H and O–H groups in total. The molecule has 0 unspecified atom stereocenters. The summed E-state index contributed by atoms with van der Waals surface area (Å²) in [6, 6.07) is 0. The van der Waals surface area contributed by atoms with Crippen molar-refractivity contribution >= 4 is 12.4 Å². The van der Waals surface area contributed by atoms with Crippen LogP contribution >= 0.6 is 0 Å². The second kappa shape index (κ2) is 5.15. The first-order valence-corrected chi connectivity index (χ1v) is 7.51. The highest BCUT2D eigenvalue weighted by Crippen LogP contribution is 2.33. The fourth-order valence-electron chi connectivity index (χ4n) is 3.37. The molecule has 2 atom stereocenters. The topological polar surface area (TPSA) is 69.6 Å². The van der Waals surface area contributed by atoms with E-state index in [0.29, 0.717) is 17.8 Å². The number of aliphatic hydroxyl groups is 1. The molecule has 1 amide bonds. The molecule has 0 saturated carbocycles. The summed E-state index contributed by atoms with van der Waals surface area (Å²) in [6.07, 6.45) is 0.896. The van der Waals surface area contributed by atoms with E-state index in [9.17, 15) is 14.3 Å². The third kappa shape index (κ3) is 2.54. The van der Waals surface area contributed by atoms with Gasteiger partial charge in [-0.25, -0.2) is 14.4 Å². The largest absolute Gasteiger partial charge is 0.384 e. The van der Waals surface area contributed by atoms with Crippen molar-refractivity contribution in [1.82, 2.24) is 14.9 Å². The number of carbonyl (C=O) groups is 1. The quantitative estimate of drug-likeness (QED) is 0.832. The molecule has 2 aliphatic heterocycles. The smallest absolute Gasteiger partial charge is 0.226 e. The lowest BCUT2D eigenvalue weighted by atomic mass is 10.0. The molecule has 2 fully saturated rings. The van der Waals surface area contributed by atoms with E-state index in [1.807, 2.05) is 4.90 Å². The molecule has 1 aromatic rings. The number of amides is 1. The zero-order chi connectivity index (χ0) is 16.1. The molecular weight excluding hydrogens is 287 g/mol. The van der Waals surface area contributed by atoms with Crippen LogP contribution in [0.3, 0.4) is 0 Å². The molecular formula is C15H21FN4O2. The van der Waals surface area contributed by atoms with E-state index in [0.717, 1.165) is 32.6 Å². The number of nitrogens with zero attached hydrogens (tertiary/aromatic N) is 4. The first-order chi connectivity index (χ1) is 10.3. The van der Waals surface area contributed by atoms with Gasteiger partial charge in [0.2, 0.25) is 12.4 Å². The van der Waals surface area contributed by atoms with Crippen LogP contribution in [0.2, 0.25) is 0 Å². The molecule has 3 heterocycles. The molecule has 0 spiro atoms. The molecule has 2 aliphatic rings. The fraction of sp³-hybridized carbons (Fsp3) is 0.667. The normalized spacial score (nSPS) is 24.8. The van der Waals surface area contributed by atoms with Crippen molar-refractivity contribution in [3.8, 4) is 0 Å². The highest BCUT2D eigenvalue weighted by molar-refractivity contribution is 5.48. The fourth-order valence-corrected chi connectivity index (χ4v) is 3.37. The Morgan fingerprint density at radius 1 is 1.23 bits per heavy atom. The number of aromatic nitrogens is 2. The summed E-state index contributed by atoms with van der Waals surface area (Å²) in [4.78, 5) is 23.2. The van der Waals surface area contributed by atoms with Gasteiger partial charge in [-0.2, -0.15) is 0 Å². The summed E-state index contributed by atoms with van der Waals surface area (Å²) in [5.41, 5.74) is -1.08. The van der Waals surface area contributed by atoms with E-state index < -0.39 is 11.4 Å². The number of hydrogen-bond donors (Lipinski definition) is 1. The standard InChI is InChI=1S/C15H21FN4O2/c1-9-12(16)13(15(2,3)22)18-14(17-9)20-6-10-4-19(8-21)5-11(10)7-20/h8,10-11,22H,4-7H2,1-3H3/t10-,11+. The first-order valence-electron chi connectivity index (χ1n) is 7.51. The number of rotatable bonds is 3. The van der Waals surface area contributed by atoms with Crippen molar-refractivity contribution < 1.29 is 14.3 Å². The van der Waals surface area contributed by atoms with Gasteiger partial charge in [0.25, 0.3) is 0 Å². The van der Waals surface area contributed by atoms with Crippen LogP contribution in [-0.4, -0.2) is 52.6 Å². The molecule has 3 rings (SSSR count). The number of hydrogen-bond acceptors (Lipinski definition) is 5. The Balaban J connectivity index is 1.85.